The maximum Gasteiger partial charge on any atom is 0.237 e. The summed E-state index contributed by atoms with van der Waals surface area (Å²) in [5.74, 6) is 3.38. The van der Waals surface area contributed by atoms with Crippen molar-refractivity contribution in [2.75, 3.05) is 13.1 Å². The van der Waals surface area contributed by atoms with E-state index < -0.39 is 0 Å². The number of hydrogen-bond donors (Lipinski definition) is 1. The quantitative estimate of drug-likeness (QED) is 0.808. The van der Waals surface area contributed by atoms with Crippen LogP contribution in [0.15, 0.2) is 18.3 Å². The second-order valence-electron chi connectivity index (χ2n) is 6.93. The molecule has 2 heterocycles. The molecule has 3 rings (SSSR count). The summed E-state index contributed by atoms with van der Waals surface area (Å²) in [7, 11) is 0. The van der Waals surface area contributed by atoms with E-state index in [0.29, 0.717) is 19.0 Å². The highest BCUT2D eigenvalue weighted by Crippen LogP contribution is 2.23. The minimum atomic E-state index is -0.110. The highest BCUT2D eigenvalue weighted by Gasteiger charge is 2.27. The average Bonchev–Trinajstić information content (AvgIpc) is 3.14. The van der Waals surface area contributed by atoms with E-state index in [1.807, 2.05) is 12.1 Å². The molecule has 1 N–H and O–H groups in total. The Balaban J connectivity index is 1.53. The standard InChI is InChI=1S/C20H27N3O2/c1-2-12-23-13-6-5-9-18(23)20(24)22-15-16-10-11-21-19(14-16)25-17-7-3-4-8-17/h1,10-11,14,17-18H,3-9,12-13,15H2,(H,22,24)/t18-/m0/s1. The van der Waals surface area contributed by atoms with E-state index >= 15 is 0 Å². The molecule has 1 aromatic rings. The lowest BCUT2D eigenvalue weighted by atomic mass is 10.0. The molecule has 2 fully saturated rings. The number of carbonyl (C=O) groups excluding carboxylic acids is 1. The Morgan fingerprint density at radius 1 is 1.32 bits per heavy atom. The van der Waals surface area contributed by atoms with Crippen molar-refractivity contribution < 1.29 is 9.53 Å². The third kappa shape index (κ3) is 4.96. The predicted octanol–water partition coefficient (Wildman–Crippen LogP) is 2.51. The van der Waals surface area contributed by atoms with Gasteiger partial charge in [0.15, 0.2) is 0 Å². The van der Waals surface area contributed by atoms with Crippen LogP contribution in [-0.4, -0.2) is 41.0 Å². The Morgan fingerprint density at radius 2 is 2.12 bits per heavy atom. The van der Waals surface area contributed by atoms with Gasteiger partial charge in [-0.05, 0) is 56.7 Å². The molecule has 2 aliphatic rings. The van der Waals surface area contributed by atoms with Crippen molar-refractivity contribution in [3.05, 3.63) is 23.9 Å². The Kier molecular flexibility index (Phi) is 6.30. The van der Waals surface area contributed by atoms with Gasteiger partial charge < -0.3 is 10.1 Å². The normalized spacial score (nSPS) is 21.6. The SMILES string of the molecule is C#CCN1CCCC[C@H]1C(=O)NCc1ccnc(OC2CCCC2)c1. The molecule has 1 aliphatic heterocycles. The summed E-state index contributed by atoms with van der Waals surface area (Å²) in [6.45, 7) is 1.92. The molecule has 25 heavy (non-hydrogen) atoms. The molecule has 5 nitrogen and oxygen atoms in total. The molecule has 0 radical (unpaired) electrons. The van der Waals surface area contributed by atoms with E-state index in [1.54, 1.807) is 6.20 Å². The number of nitrogens with zero attached hydrogens (tertiary/aromatic N) is 2. The molecule has 134 valence electrons. The van der Waals surface area contributed by atoms with Crippen LogP contribution in [0.25, 0.3) is 0 Å². The number of nitrogens with one attached hydrogen (secondary N) is 1. The van der Waals surface area contributed by atoms with Gasteiger partial charge >= 0.3 is 0 Å². The molecule has 5 heteroatoms. The lowest BCUT2D eigenvalue weighted by molar-refractivity contribution is -0.127. The first-order valence-electron chi connectivity index (χ1n) is 9.33. The van der Waals surface area contributed by atoms with Gasteiger partial charge in [-0.15, -0.1) is 6.42 Å². The zero-order chi connectivity index (χ0) is 17.5. The maximum atomic E-state index is 12.6. The van der Waals surface area contributed by atoms with E-state index in [1.165, 1.54) is 12.8 Å². The van der Waals surface area contributed by atoms with Crippen molar-refractivity contribution in [2.45, 2.75) is 63.6 Å². The second kappa shape index (κ2) is 8.87. The Morgan fingerprint density at radius 3 is 2.92 bits per heavy atom. The van der Waals surface area contributed by atoms with Crippen LogP contribution in [0.5, 0.6) is 5.88 Å². The summed E-state index contributed by atoms with van der Waals surface area (Å²) >= 11 is 0. The van der Waals surface area contributed by atoms with Gasteiger partial charge in [0.05, 0.1) is 12.6 Å². The summed E-state index contributed by atoms with van der Waals surface area (Å²) in [6, 6.07) is 3.74. The van der Waals surface area contributed by atoms with E-state index in [2.05, 4.69) is 21.1 Å². The number of terminal acetylenes is 1. The first-order valence-corrected chi connectivity index (χ1v) is 9.33. The Labute approximate surface area is 150 Å². The van der Waals surface area contributed by atoms with Crippen LogP contribution < -0.4 is 10.1 Å². The molecule has 1 atom stereocenters. The van der Waals surface area contributed by atoms with Gasteiger partial charge in [0.2, 0.25) is 11.8 Å². The number of pyridine rings is 1. The van der Waals surface area contributed by atoms with Crippen LogP contribution in [0.4, 0.5) is 0 Å². The first kappa shape index (κ1) is 17.8. The van der Waals surface area contributed by atoms with Crippen molar-refractivity contribution in [1.82, 2.24) is 15.2 Å². The number of piperidine rings is 1. The second-order valence-corrected chi connectivity index (χ2v) is 6.93. The van der Waals surface area contributed by atoms with Crippen LogP contribution in [0.2, 0.25) is 0 Å². The number of hydrogen-bond acceptors (Lipinski definition) is 4. The van der Waals surface area contributed by atoms with Crippen LogP contribution in [0.3, 0.4) is 0 Å². The number of likely N-dealkylation sites (tertiary alicyclic amines) is 1. The Hall–Kier alpha value is -2.06. The molecule has 1 saturated heterocycles. The molecule has 1 aliphatic carbocycles. The minimum absolute atomic E-state index is 0.0602. The van der Waals surface area contributed by atoms with Gasteiger partial charge in [-0.3, -0.25) is 9.69 Å². The fourth-order valence-electron chi connectivity index (χ4n) is 3.70. The van der Waals surface area contributed by atoms with Gasteiger partial charge in [-0.25, -0.2) is 4.98 Å². The number of amides is 1. The van der Waals surface area contributed by atoms with Crippen molar-refractivity contribution >= 4 is 5.91 Å². The van der Waals surface area contributed by atoms with Crippen LogP contribution >= 0.6 is 0 Å². The predicted molar refractivity (Wildman–Crippen MR) is 97.0 cm³/mol. The molecule has 0 spiro atoms. The summed E-state index contributed by atoms with van der Waals surface area (Å²) in [6.07, 6.45) is 15.2. The molecule has 0 unspecified atom stereocenters. The lowest BCUT2D eigenvalue weighted by Gasteiger charge is -2.33. The van der Waals surface area contributed by atoms with Crippen LogP contribution in [0.1, 0.15) is 50.5 Å². The largest absolute Gasteiger partial charge is 0.474 e. The fraction of sp³-hybridized carbons (Fsp3) is 0.600. The maximum absolute atomic E-state index is 12.6. The summed E-state index contributed by atoms with van der Waals surface area (Å²) < 4.78 is 5.93. The lowest BCUT2D eigenvalue weighted by Crippen LogP contribution is -2.49. The molecular weight excluding hydrogens is 314 g/mol. The van der Waals surface area contributed by atoms with Crippen molar-refractivity contribution in [3.63, 3.8) is 0 Å². The van der Waals surface area contributed by atoms with Gasteiger partial charge in [0, 0.05) is 18.8 Å². The van der Waals surface area contributed by atoms with Gasteiger partial charge in [0.1, 0.15) is 6.10 Å². The molecule has 0 bridgehead atoms. The highest BCUT2D eigenvalue weighted by atomic mass is 16.5. The zero-order valence-electron chi connectivity index (χ0n) is 14.7. The number of carbonyl (C=O) groups is 1. The number of aromatic nitrogens is 1. The molecule has 1 amide bonds. The average molecular weight is 341 g/mol. The topological polar surface area (TPSA) is 54.5 Å². The van der Waals surface area contributed by atoms with E-state index in [4.69, 9.17) is 11.2 Å². The summed E-state index contributed by atoms with van der Waals surface area (Å²) in [5, 5.41) is 3.05. The van der Waals surface area contributed by atoms with E-state index in [0.717, 1.165) is 44.2 Å². The van der Waals surface area contributed by atoms with E-state index in [-0.39, 0.29) is 18.1 Å². The van der Waals surface area contributed by atoms with Gasteiger partial charge in [0.25, 0.3) is 0 Å². The number of rotatable bonds is 6. The Bertz CT molecular complexity index is 620. The van der Waals surface area contributed by atoms with Crippen molar-refractivity contribution in [2.24, 2.45) is 0 Å². The highest BCUT2D eigenvalue weighted by molar-refractivity contribution is 5.81. The van der Waals surface area contributed by atoms with Crippen molar-refractivity contribution in [1.29, 1.82) is 0 Å². The van der Waals surface area contributed by atoms with Crippen LogP contribution in [-0.2, 0) is 11.3 Å². The number of ether oxygens (including phenoxy) is 1. The molecule has 1 aromatic heterocycles. The molecule has 0 aromatic carbocycles. The zero-order valence-corrected chi connectivity index (χ0v) is 14.7. The minimum Gasteiger partial charge on any atom is -0.474 e. The molecular formula is C20H27N3O2. The monoisotopic (exact) mass is 341 g/mol. The summed E-state index contributed by atoms with van der Waals surface area (Å²) in [5.41, 5.74) is 1.01. The third-order valence-corrected chi connectivity index (χ3v) is 5.07. The summed E-state index contributed by atoms with van der Waals surface area (Å²) in [4.78, 5) is 18.9. The van der Waals surface area contributed by atoms with Crippen molar-refractivity contribution in [3.8, 4) is 18.2 Å². The van der Waals surface area contributed by atoms with Crippen LogP contribution in [0, 0.1) is 12.3 Å². The van der Waals surface area contributed by atoms with Gasteiger partial charge in [-0.2, -0.15) is 0 Å². The van der Waals surface area contributed by atoms with E-state index in [9.17, 15) is 4.79 Å². The molecule has 1 saturated carbocycles. The van der Waals surface area contributed by atoms with Gasteiger partial charge in [-0.1, -0.05) is 12.3 Å². The smallest absolute Gasteiger partial charge is 0.237 e. The third-order valence-electron chi connectivity index (χ3n) is 5.07. The first-order chi connectivity index (χ1) is 12.3. The fourth-order valence-corrected chi connectivity index (χ4v) is 3.70.